The number of nitrogens with one attached hydrogen (secondary N) is 1. The predicted octanol–water partition coefficient (Wildman–Crippen LogP) is 4.96. The van der Waals surface area contributed by atoms with Crippen molar-refractivity contribution in [3.8, 4) is 5.75 Å². The number of ether oxygens (including phenoxy) is 6. The van der Waals surface area contributed by atoms with Gasteiger partial charge in [0, 0.05) is 24.5 Å². The predicted molar refractivity (Wildman–Crippen MR) is 208 cm³/mol. The summed E-state index contributed by atoms with van der Waals surface area (Å²) in [6, 6.07) is 5.00. The summed E-state index contributed by atoms with van der Waals surface area (Å²) < 4.78 is 32.1. The summed E-state index contributed by atoms with van der Waals surface area (Å²) in [4.78, 5) is 72.1. The monoisotopic (exact) mass is 802 g/mol. The van der Waals surface area contributed by atoms with Gasteiger partial charge in [0.15, 0.2) is 0 Å². The van der Waals surface area contributed by atoms with Crippen LogP contribution >= 0.6 is 11.3 Å². The third kappa shape index (κ3) is 13.8. The molecule has 1 saturated heterocycles. The maximum Gasteiger partial charge on any atom is 0.410 e. The molecule has 0 bridgehead atoms. The Balaban J connectivity index is 1.31. The van der Waals surface area contributed by atoms with Crippen LogP contribution in [0.3, 0.4) is 0 Å². The van der Waals surface area contributed by atoms with Crippen LogP contribution in [0.4, 0.5) is 4.79 Å². The molecule has 1 aliphatic carbocycles. The van der Waals surface area contributed by atoms with Crippen LogP contribution in [-0.4, -0.2) is 129 Å². The van der Waals surface area contributed by atoms with Crippen molar-refractivity contribution in [1.29, 1.82) is 0 Å². The largest absolute Gasteiger partial charge is 0.491 e. The number of thiazole rings is 1. The van der Waals surface area contributed by atoms with E-state index in [4.69, 9.17) is 28.7 Å². The van der Waals surface area contributed by atoms with Crippen molar-refractivity contribution in [1.82, 2.24) is 20.1 Å². The number of nitrogens with zero attached hydrogens (tertiary/aromatic N) is 3. The summed E-state index contributed by atoms with van der Waals surface area (Å²) in [6.45, 7) is 10.5. The highest BCUT2D eigenvalue weighted by Crippen LogP contribution is 2.37. The number of hydrogen-bond acceptors (Lipinski definition) is 13. The van der Waals surface area contributed by atoms with Gasteiger partial charge in [-0.3, -0.25) is 24.1 Å². The minimum Gasteiger partial charge on any atom is -0.491 e. The second-order valence-corrected chi connectivity index (χ2v) is 15.8. The molecule has 2 fully saturated rings. The summed E-state index contributed by atoms with van der Waals surface area (Å²) in [5.74, 6) is -0.326. The Morgan fingerprint density at radius 1 is 0.946 bits per heavy atom. The normalized spacial score (nSPS) is 17.2. The molecule has 15 nitrogen and oxygen atoms in total. The van der Waals surface area contributed by atoms with E-state index < -0.39 is 29.7 Å². The van der Waals surface area contributed by atoms with Crippen molar-refractivity contribution in [2.75, 3.05) is 66.4 Å². The second-order valence-electron chi connectivity index (χ2n) is 14.9. The van der Waals surface area contributed by atoms with Gasteiger partial charge in [-0.05, 0) is 71.4 Å². The molecule has 3 atom stereocenters. The number of benzene rings is 1. The lowest BCUT2D eigenvalue weighted by Gasteiger charge is -2.36. The number of carbonyl (C=O) groups excluding carboxylic acids is 5. The third-order valence-corrected chi connectivity index (χ3v) is 10.6. The Hall–Kier alpha value is -4.12. The first kappa shape index (κ1) is 44.6. The molecule has 4 rings (SSSR count). The smallest absolute Gasteiger partial charge is 0.410 e. The highest BCUT2D eigenvalue weighted by atomic mass is 32.1. The van der Waals surface area contributed by atoms with Gasteiger partial charge in [-0.1, -0.05) is 31.4 Å². The topological polar surface area (TPSA) is 172 Å². The molecule has 1 saturated carbocycles. The minimum absolute atomic E-state index is 0.0254. The fourth-order valence-corrected chi connectivity index (χ4v) is 7.54. The van der Waals surface area contributed by atoms with Gasteiger partial charge in [-0.25, -0.2) is 9.78 Å². The van der Waals surface area contributed by atoms with E-state index in [1.54, 1.807) is 57.3 Å². The molecular weight excluding hydrogens is 745 g/mol. The Morgan fingerprint density at radius 3 is 2.27 bits per heavy atom. The number of hydrogen-bond donors (Lipinski definition) is 1. The standard InChI is InChI=1S/C40H58N4O11S/c1-28(43(5)39(49)55-40(2,3)4)36(47)42-34(29-11-7-6-8-12-29)38(48)44-16-10-15-33(44)37-41-32(26-56-37)35(46)30-13-9-14-31(25-30)54-24-23-52-20-19-50-17-18-51-21-22-53-27-45/h9,13-14,25-29,33-34H,6-8,10-12,15-24H2,1-5H3,(H,42,47)/t28-,33?,34-/m0/s1. The molecule has 2 heterocycles. The quantitative estimate of drug-likeness (QED) is 0.0966. The van der Waals surface area contributed by atoms with Gasteiger partial charge in [-0.2, -0.15) is 0 Å². The van der Waals surface area contributed by atoms with Crippen LogP contribution in [0.25, 0.3) is 0 Å². The first-order valence-electron chi connectivity index (χ1n) is 19.5. The summed E-state index contributed by atoms with van der Waals surface area (Å²) in [7, 11) is 1.52. The second kappa shape index (κ2) is 22.6. The van der Waals surface area contributed by atoms with E-state index in [1.165, 1.54) is 23.3 Å². The van der Waals surface area contributed by atoms with Gasteiger partial charge in [0.2, 0.25) is 17.6 Å². The molecule has 1 aromatic carbocycles. The van der Waals surface area contributed by atoms with Gasteiger partial charge in [0.25, 0.3) is 6.47 Å². The van der Waals surface area contributed by atoms with Crippen LogP contribution in [0.2, 0.25) is 0 Å². The maximum absolute atomic E-state index is 14.4. The van der Waals surface area contributed by atoms with Gasteiger partial charge >= 0.3 is 6.09 Å². The molecular formula is C40H58N4O11S. The number of likely N-dealkylation sites (N-methyl/N-ethyl adjacent to an activating group) is 1. The number of carbonyl (C=O) groups is 5. The van der Waals surface area contributed by atoms with Crippen molar-refractivity contribution in [3.63, 3.8) is 0 Å². The van der Waals surface area contributed by atoms with Crippen molar-refractivity contribution in [3.05, 3.63) is 45.9 Å². The Bertz CT molecular complexity index is 1580. The highest BCUT2D eigenvalue weighted by molar-refractivity contribution is 7.10. The van der Waals surface area contributed by atoms with E-state index in [9.17, 15) is 24.0 Å². The van der Waals surface area contributed by atoms with E-state index in [-0.39, 0.29) is 36.9 Å². The number of aromatic nitrogens is 1. The lowest BCUT2D eigenvalue weighted by Crippen LogP contribution is -2.56. The molecule has 0 spiro atoms. The van der Waals surface area contributed by atoms with Crippen LogP contribution in [0.1, 0.15) is 99.7 Å². The van der Waals surface area contributed by atoms with Crippen LogP contribution in [0.15, 0.2) is 29.6 Å². The molecule has 2 aliphatic rings. The van der Waals surface area contributed by atoms with E-state index in [2.05, 4.69) is 10.1 Å². The number of rotatable bonds is 22. The Kier molecular flexibility index (Phi) is 18.0. The van der Waals surface area contributed by atoms with Crippen LogP contribution in [0.5, 0.6) is 5.75 Å². The molecule has 2 aromatic rings. The third-order valence-electron chi connectivity index (χ3n) is 9.65. The van der Waals surface area contributed by atoms with Crippen molar-refractivity contribution < 1.29 is 52.4 Å². The molecule has 3 amide bonds. The average Bonchev–Trinajstić information content (AvgIpc) is 3.88. The lowest BCUT2D eigenvalue weighted by atomic mass is 9.83. The Labute approximate surface area is 333 Å². The summed E-state index contributed by atoms with van der Waals surface area (Å²) in [5, 5.41) is 5.44. The van der Waals surface area contributed by atoms with Crippen molar-refractivity contribution in [2.24, 2.45) is 5.92 Å². The molecule has 56 heavy (non-hydrogen) atoms. The van der Waals surface area contributed by atoms with Gasteiger partial charge in [0.05, 0.1) is 45.7 Å². The highest BCUT2D eigenvalue weighted by Gasteiger charge is 2.41. The first-order chi connectivity index (χ1) is 26.9. The minimum atomic E-state index is -0.853. The fourth-order valence-electron chi connectivity index (χ4n) is 6.59. The fraction of sp³-hybridized carbons (Fsp3) is 0.650. The van der Waals surface area contributed by atoms with Crippen LogP contribution in [0, 0.1) is 5.92 Å². The molecule has 0 radical (unpaired) electrons. The summed E-state index contributed by atoms with van der Waals surface area (Å²) in [5.41, 5.74) is 0.00714. The Morgan fingerprint density at radius 2 is 1.61 bits per heavy atom. The number of likely N-dealkylation sites (tertiary alicyclic amines) is 1. The van der Waals surface area contributed by atoms with E-state index in [0.29, 0.717) is 81.1 Å². The lowest BCUT2D eigenvalue weighted by molar-refractivity contribution is -0.140. The van der Waals surface area contributed by atoms with Crippen molar-refractivity contribution >= 4 is 41.5 Å². The zero-order valence-corrected chi connectivity index (χ0v) is 34.1. The van der Waals surface area contributed by atoms with E-state index >= 15 is 0 Å². The molecule has 310 valence electrons. The van der Waals surface area contributed by atoms with Gasteiger partial charge in [-0.15, -0.1) is 11.3 Å². The molecule has 16 heteroatoms. The molecule has 1 N–H and O–H groups in total. The number of ketones is 1. The first-order valence-corrected chi connectivity index (χ1v) is 20.4. The van der Waals surface area contributed by atoms with E-state index in [1.807, 2.05) is 4.90 Å². The zero-order valence-electron chi connectivity index (χ0n) is 33.3. The molecule has 1 aromatic heterocycles. The summed E-state index contributed by atoms with van der Waals surface area (Å²) >= 11 is 1.35. The number of amides is 3. The zero-order chi connectivity index (χ0) is 40.5. The SMILES string of the molecule is C[C@@H](C(=O)N[C@H](C(=O)N1CCCC1c1nc(C(=O)c2cccc(OCCOCCOCCOCCOC=O)c2)cs1)C1CCCCC1)N(C)C(=O)OC(C)(C)C. The molecule has 1 unspecified atom stereocenters. The van der Waals surface area contributed by atoms with E-state index in [0.717, 1.165) is 38.5 Å². The summed E-state index contributed by atoms with van der Waals surface area (Å²) in [6.07, 6.45) is 5.56. The molecule has 1 aliphatic heterocycles. The van der Waals surface area contributed by atoms with Gasteiger partial charge in [0.1, 0.15) is 47.3 Å². The maximum atomic E-state index is 14.4. The van der Waals surface area contributed by atoms with Crippen molar-refractivity contribution in [2.45, 2.75) is 96.4 Å². The van der Waals surface area contributed by atoms with Gasteiger partial charge < -0.3 is 38.6 Å². The average molecular weight is 803 g/mol. The van der Waals surface area contributed by atoms with Crippen LogP contribution < -0.4 is 10.1 Å². The van der Waals surface area contributed by atoms with Crippen LogP contribution in [-0.2, 0) is 38.1 Å².